The lowest BCUT2D eigenvalue weighted by atomic mass is 9.74. The zero-order chi connectivity index (χ0) is 14.0. The maximum atomic E-state index is 6.32. The monoisotopic (exact) mass is 267 g/mol. The Labute approximate surface area is 119 Å². The van der Waals surface area contributed by atoms with E-state index in [0.29, 0.717) is 17.5 Å². The number of likely N-dealkylation sites (N-methyl/N-ethyl adjacent to an activating group) is 2. The molecule has 2 aliphatic carbocycles. The molecule has 2 saturated carbocycles. The van der Waals surface area contributed by atoms with E-state index < -0.39 is 0 Å². The van der Waals surface area contributed by atoms with Crippen LogP contribution < -0.4 is 5.73 Å². The molecule has 0 aromatic carbocycles. The van der Waals surface area contributed by atoms with Crippen LogP contribution in [0.4, 0.5) is 0 Å². The van der Waals surface area contributed by atoms with Gasteiger partial charge in [-0.15, -0.1) is 0 Å². The van der Waals surface area contributed by atoms with Gasteiger partial charge in [-0.2, -0.15) is 0 Å². The first-order chi connectivity index (χ1) is 8.93. The van der Waals surface area contributed by atoms with E-state index in [2.05, 4.69) is 37.9 Å². The van der Waals surface area contributed by atoms with Gasteiger partial charge < -0.3 is 15.5 Å². The van der Waals surface area contributed by atoms with E-state index in [0.717, 1.165) is 5.92 Å². The summed E-state index contributed by atoms with van der Waals surface area (Å²) in [4.78, 5) is 4.98. The molecular formula is C16H33N3. The van der Waals surface area contributed by atoms with E-state index in [4.69, 9.17) is 5.73 Å². The average Bonchev–Trinajstić information content (AvgIpc) is 2.28. The summed E-state index contributed by atoms with van der Waals surface area (Å²) >= 11 is 0. The third-order valence-electron chi connectivity index (χ3n) is 5.65. The van der Waals surface area contributed by atoms with Crippen molar-refractivity contribution in [1.29, 1.82) is 0 Å². The highest BCUT2D eigenvalue weighted by molar-refractivity contribution is 4.98. The molecular weight excluding hydrogens is 234 g/mol. The Morgan fingerprint density at radius 2 is 1.84 bits per heavy atom. The standard InChI is InChI=1S/C16H33N3/c1-13-6-7-15(17)14(10-13)11-19(4)12-16(18(2)3)8-5-9-16/h13-15H,5-12,17H2,1-4H3. The van der Waals surface area contributed by atoms with Gasteiger partial charge in [0.25, 0.3) is 0 Å². The second-order valence-corrected chi connectivity index (χ2v) is 7.51. The fraction of sp³-hybridized carbons (Fsp3) is 1.00. The first kappa shape index (κ1) is 15.3. The van der Waals surface area contributed by atoms with E-state index in [1.54, 1.807) is 0 Å². The molecule has 0 amide bonds. The predicted octanol–water partition coefficient (Wildman–Crippen LogP) is 2.17. The molecule has 0 bridgehead atoms. The van der Waals surface area contributed by atoms with E-state index in [9.17, 15) is 0 Å². The minimum atomic E-state index is 0.426. The van der Waals surface area contributed by atoms with Crippen molar-refractivity contribution >= 4 is 0 Å². The van der Waals surface area contributed by atoms with E-state index >= 15 is 0 Å². The molecule has 19 heavy (non-hydrogen) atoms. The Hall–Kier alpha value is -0.120. The molecule has 3 heteroatoms. The number of hydrogen-bond acceptors (Lipinski definition) is 3. The van der Waals surface area contributed by atoms with Gasteiger partial charge >= 0.3 is 0 Å². The molecule has 3 unspecified atom stereocenters. The van der Waals surface area contributed by atoms with Crippen LogP contribution in [-0.2, 0) is 0 Å². The fourth-order valence-electron chi connectivity index (χ4n) is 4.03. The second kappa shape index (κ2) is 6.11. The first-order valence-corrected chi connectivity index (χ1v) is 8.04. The van der Waals surface area contributed by atoms with Gasteiger partial charge in [-0.3, -0.25) is 0 Å². The first-order valence-electron chi connectivity index (χ1n) is 8.04. The summed E-state index contributed by atoms with van der Waals surface area (Å²) in [7, 11) is 6.76. The highest BCUT2D eigenvalue weighted by atomic mass is 15.2. The summed E-state index contributed by atoms with van der Waals surface area (Å²) in [6.07, 6.45) is 7.98. The summed E-state index contributed by atoms with van der Waals surface area (Å²) in [5.74, 6) is 1.57. The van der Waals surface area contributed by atoms with Crippen LogP contribution in [0.1, 0.15) is 45.4 Å². The third-order valence-corrected chi connectivity index (χ3v) is 5.65. The second-order valence-electron chi connectivity index (χ2n) is 7.51. The minimum Gasteiger partial charge on any atom is -0.327 e. The molecule has 2 N–H and O–H groups in total. The molecule has 0 saturated heterocycles. The Balaban J connectivity index is 1.84. The van der Waals surface area contributed by atoms with Crippen LogP contribution in [0.2, 0.25) is 0 Å². The summed E-state index contributed by atoms with van der Waals surface area (Å²) in [6.45, 7) is 4.77. The summed E-state index contributed by atoms with van der Waals surface area (Å²) in [6, 6.07) is 0.426. The molecule has 3 atom stereocenters. The van der Waals surface area contributed by atoms with Gasteiger partial charge in [0.15, 0.2) is 0 Å². The van der Waals surface area contributed by atoms with E-state index in [1.807, 2.05) is 0 Å². The normalized spacial score (nSPS) is 34.6. The van der Waals surface area contributed by atoms with Gasteiger partial charge in [-0.1, -0.05) is 6.92 Å². The highest BCUT2D eigenvalue weighted by Crippen LogP contribution is 2.37. The number of nitrogens with two attached hydrogens (primary N) is 1. The molecule has 2 aliphatic rings. The van der Waals surface area contributed by atoms with Gasteiger partial charge in [0.2, 0.25) is 0 Å². The van der Waals surface area contributed by atoms with Crippen molar-refractivity contribution < 1.29 is 0 Å². The van der Waals surface area contributed by atoms with Gasteiger partial charge in [0, 0.05) is 24.7 Å². The highest BCUT2D eigenvalue weighted by Gasteiger charge is 2.40. The topological polar surface area (TPSA) is 32.5 Å². The SMILES string of the molecule is CC1CCC(N)C(CN(C)CC2(N(C)C)CCC2)C1. The largest absolute Gasteiger partial charge is 0.327 e. The molecule has 0 aliphatic heterocycles. The van der Waals surface area contributed by atoms with Crippen molar-refractivity contribution in [2.45, 2.75) is 57.0 Å². The Morgan fingerprint density at radius 3 is 2.37 bits per heavy atom. The van der Waals surface area contributed by atoms with E-state index in [-0.39, 0.29) is 0 Å². The van der Waals surface area contributed by atoms with Crippen molar-refractivity contribution in [3.63, 3.8) is 0 Å². The summed E-state index contributed by atoms with van der Waals surface area (Å²) in [5.41, 5.74) is 6.77. The number of hydrogen-bond donors (Lipinski definition) is 1. The Morgan fingerprint density at radius 1 is 1.16 bits per heavy atom. The Bertz CT molecular complexity index is 286. The van der Waals surface area contributed by atoms with Crippen molar-refractivity contribution in [2.75, 3.05) is 34.2 Å². The maximum Gasteiger partial charge on any atom is 0.0330 e. The maximum absolute atomic E-state index is 6.32. The van der Waals surface area contributed by atoms with Crippen LogP contribution in [-0.4, -0.2) is 55.6 Å². The van der Waals surface area contributed by atoms with Gasteiger partial charge in [0.05, 0.1) is 0 Å². The molecule has 2 fully saturated rings. The average molecular weight is 267 g/mol. The quantitative estimate of drug-likeness (QED) is 0.828. The van der Waals surface area contributed by atoms with Gasteiger partial charge in [0.1, 0.15) is 0 Å². The van der Waals surface area contributed by atoms with Crippen molar-refractivity contribution in [1.82, 2.24) is 9.80 Å². The van der Waals surface area contributed by atoms with Crippen molar-refractivity contribution in [3.8, 4) is 0 Å². The molecule has 0 aromatic heterocycles. The molecule has 2 rings (SSSR count). The number of nitrogens with zero attached hydrogens (tertiary/aromatic N) is 2. The zero-order valence-corrected chi connectivity index (χ0v) is 13.4. The molecule has 0 aromatic rings. The Kier molecular flexibility index (Phi) is 4.91. The third kappa shape index (κ3) is 3.50. The van der Waals surface area contributed by atoms with Crippen LogP contribution in [0.15, 0.2) is 0 Å². The van der Waals surface area contributed by atoms with Gasteiger partial charge in [-0.25, -0.2) is 0 Å². The van der Waals surface area contributed by atoms with Crippen molar-refractivity contribution in [2.24, 2.45) is 17.6 Å². The lowest BCUT2D eigenvalue weighted by Gasteiger charge is -2.50. The molecule has 0 radical (unpaired) electrons. The summed E-state index contributed by atoms with van der Waals surface area (Å²) < 4.78 is 0. The van der Waals surface area contributed by atoms with Gasteiger partial charge in [-0.05, 0) is 71.5 Å². The zero-order valence-electron chi connectivity index (χ0n) is 13.4. The van der Waals surface area contributed by atoms with E-state index in [1.165, 1.54) is 51.6 Å². The molecule has 112 valence electrons. The van der Waals surface area contributed by atoms with Crippen LogP contribution >= 0.6 is 0 Å². The van der Waals surface area contributed by atoms with Crippen molar-refractivity contribution in [3.05, 3.63) is 0 Å². The van der Waals surface area contributed by atoms with Crippen LogP contribution in [0, 0.1) is 11.8 Å². The summed E-state index contributed by atoms with van der Waals surface area (Å²) in [5, 5.41) is 0. The smallest absolute Gasteiger partial charge is 0.0330 e. The van der Waals surface area contributed by atoms with Crippen LogP contribution in [0.5, 0.6) is 0 Å². The lowest BCUT2D eigenvalue weighted by molar-refractivity contribution is 0.0203. The molecule has 0 heterocycles. The minimum absolute atomic E-state index is 0.426. The van der Waals surface area contributed by atoms with Crippen LogP contribution in [0.3, 0.4) is 0 Å². The molecule has 0 spiro atoms. The van der Waals surface area contributed by atoms with Crippen LogP contribution in [0.25, 0.3) is 0 Å². The fourth-order valence-corrected chi connectivity index (χ4v) is 4.03. The number of rotatable bonds is 5. The predicted molar refractivity (Wildman–Crippen MR) is 82.2 cm³/mol. The molecule has 3 nitrogen and oxygen atoms in total. The lowest BCUT2D eigenvalue weighted by Crippen LogP contribution is -2.57.